The van der Waals surface area contributed by atoms with Crippen LogP contribution in [0, 0.1) is 11.8 Å². The van der Waals surface area contributed by atoms with Crippen LogP contribution in [0.25, 0.3) is 0 Å². The molecule has 0 rings (SSSR count). The Kier molecular flexibility index (Phi) is 14.6. The highest BCUT2D eigenvalue weighted by molar-refractivity contribution is 5.74. The van der Waals surface area contributed by atoms with E-state index in [0.29, 0.717) is 6.42 Å². The molecule has 0 aromatic heterocycles. The number of unbranched alkanes of at least 4 members (excludes halogenated alkanes) is 3. The van der Waals surface area contributed by atoms with Gasteiger partial charge in [-0.1, -0.05) is 66.7 Å². The lowest BCUT2D eigenvalue weighted by Gasteiger charge is -2.23. The minimum Gasteiger partial charge on any atom is -0.425 e. The van der Waals surface area contributed by atoms with Crippen LogP contribution in [-0.4, -0.2) is 18.2 Å². The third-order valence-electron chi connectivity index (χ3n) is 4.75. The van der Waals surface area contributed by atoms with Crippen molar-refractivity contribution in [2.24, 2.45) is 11.8 Å². The topological polar surface area (TPSA) is 52.6 Å². The molecule has 0 saturated carbocycles. The first-order valence-corrected chi connectivity index (χ1v) is 10.4. The van der Waals surface area contributed by atoms with E-state index in [1.165, 1.54) is 0 Å². The van der Waals surface area contributed by atoms with Crippen LogP contribution in [0.3, 0.4) is 0 Å². The number of hydrogen-bond acceptors (Lipinski definition) is 4. The Morgan fingerprint density at radius 3 is 1.32 bits per heavy atom. The molecule has 0 aliphatic heterocycles. The van der Waals surface area contributed by atoms with Gasteiger partial charge >= 0.3 is 11.9 Å². The van der Waals surface area contributed by atoms with Gasteiger partial charge in [-0.3, -0.25) is 9.59 Å². The fourth-order valence-electron chi connectivity index (χ4n) is 2.84. The van der Waals surface area contributed by atoms with Gasteiger partial charge in [0.15, 0.2) is 0 Å². The van der Waals surface area contributed by atoms with Crippen molar-refractivity contribution in [3.8, 4) is 0 Å². The number of esters is 2. The SMILES string of the molecule is CCCCC(OC(=O)C(CC)CCCC)OC(=O)C(CC)CCCC. The van der Waals surface area contributed by atoms with Gasteiger partial charge < -0.3 is 9.47 Å². The van der Waals surface area contributed by atoms with Crippen molar-refractivity contribution < 1.29 is 19.1 Å². The summed E-state index contributed by atoms with van der Waals surface area (Å²) in [4.78, 5) is 24.9. The van der Waals surface area contributed by atoms with E-state index in [1.54, 1.807) is 0 Å². The molecule has 0 aromatic carbocycles. The zero-order valence-corrected chi connectivity index (χ0v) is 17.1. The second-order valence-electron chi connectivity index (χ2n) is 6.94. The molecule has 0 aromatic rings. The van der Waals surface area contributed by atoms with Crippen LogP contribution in [0.1, 0.15) is 105 Å². The van der Waals surface area contributed by atoms with Crippen LogP contribution in [-0.2, 0) is 19.1 Å². The average molecular weight is 357 g/mol. The Balaban J connectivity index is 4.75. The normalized spacial score (nSPS) is 14.6. The number of hydrogen-bond donors (Lipinski definition) is 0. The van der Waals surface area contributed by atoms with Gasteiger partial charge in [0.1, 0.15) is 0 Å². The summed E-state index contributed by atoms with van der Waals surface area (Å²) in [6.07, 6.45) is 9.08. The van der Waals surface area contributed by atoms with Gasteiger partial charge in [-0.15, -0.1) is 0 Å². The quantitative estimate of drug-likeness (QED) is 0.266. The van der Waals surface area contributed by atoms with Crippen LogP contribution in [0.5, 0.6) is 0 Å². The maximum atomic E-state index is 12.4. The summed E-state index contributed by atoms with van der Waals surface area (Å²) < 4.78 is 11.2. The summed E-state index contributed by atoms with van der Waals surface area (Å²) >= 11 is 0. The fraction of sp³-hybridized carbons (Fsp3) is 0.905. The summed E-state index contributed by atoms with van der Waals surface area (Å²) in [6, 6.07) is 0. The zero-order chi connectivity index (χ0) is 19.1. The van der Waals surface area contributed by atoms with Crippen molar-refractivity contribution in [1.82, 2.24) is 0 Å². The zero-order valence-electron chi connectivity index (χ0n) is 17.1. The molecular weight excluding hydrogens is 316 g/mol. The number of rotatable bonds is 15. The Morgan fingerprint density at radius 1 is 0.640 bits per heavy atom. The predicted molar refractivity (Wildman–Crippen MR) is 102 cm³/mol. The summed E-state index contributed by atoms with van der Waals surface area (Å²) in [6.45, 7) is 10.3. The Bertz CT molecular complexity index is 324. The van der Waals surface area contributed by atoms with Gasteiger partial charge in [0.2, 0.25) is 6.29 Å². The van der Waals surface area contributed by atoms with E-state index >= 15 is 0 Å². The number of ether oxygens (including phenoxy) is 2. The molecule has 2 atom stereocenters. The van der Waals surface area contributed by atoms with Gasteiger partial charge in [-0.2, -0.15) is 0 Å². The maximum absolute atomic E-state index is 12.4. The predicted octanol–water partition coefficient (Wildman–Crippen LogP) is 6.02. The van der Waals surface area contributed by atoms with Crippen molar-refractivity contribution in [2.75, 3.05) is 0 Å². The Morgan fingerprint density at radius 2 is 1.00 bits per heavy atom. The standard InChI is InChI=1S/C21H40O4/c1-6-11-14-17(9-4)20(22)24-19(16-13-8-3)25-21(23)18(10-5)15-12-7-2/h17-19H,6-16H2,1-5H3. The molecule has 0 heterocycles. The highest BCUT2D eigenvalue weighted by Crippen LogP contribution is 2.20. The van der Waals surface area contributed by atoms with Crippen LogP contribution in [0.4, 0.5) is 0 Å². The first kappa shape index (κ1) is 23.9. The van der Waals surface area contributed by atoms with Crippen LogP contribution in [0.2, 0.25) is 0 Å². The summed E-state index contributed by atoms with van der Waals surface area (Å²) in [7, 11) is 0. The molecule has 4 heteroatoms. The van der Waals surface area contributed by atoms with Crippen molar-refractivity contribution in [3.05, 3.63) is 0 Å². The molecule has 2 unspecified atom stereocenters. The third-order valence-corrected chi connectivity index (χ3v) is 4.75. The number of carbonyl (C=O) groups excluding carboxylic acids is 2. The molecule has 0 radical (unpaired) electrons. The first-order valence-electron chi connectivity index (χ1n) is 10.4. The molecule has 0 fully saturated rings. The van der Waals surface area contributed by atoms with Crippen molar-refractivity contribution in [1.29, 1.82) is 0 Å². The number of carbonyl (C=O) groups is 2. The van der Waals surface area contributed by atoms with E-state index in [2.05, 4.69) is 20.8 Å². The highest BCUT2D eigenvalue weighted by Gasteiger charge is 2.26. The van der Waals surface area contributed by atoms with E-state index in [1.807, 2.05) is 13.8 Å². The van der Waals surface area contributed by atoms with Gasteiger partial charge in [0.05, 0.1) is 11.8 Å². The molecule has 0 bridgehead atoms. The molecule has 0 saturated heterocycles. The molecule has 25 heavy (non-hydrogen) atoms. The maximum Gasteiger partial charge on any atom is 0.311 e. The van der Waals surface area contributed by atoms with Crippen LogP contribution >= 0.6 is 0 Å². The van der Waals surface area contributed by atoms with Gasteiger partial charge in [-0.05, 0) is 32.1 Å². The van der Waals surface area contributed by atoms with E-state index in [4.69, 9.17) is 9.47 Å². The molecule has 0 aliphatic rings. The summed E-state index contributed by atoms with van der Waals surface area (Å²) in [5.41, 5.74) is 0. The van der Waals surface area contributed by atoms with Crippen molar-refractivity contribution in [3.63, 3.8) is 0 Å². The Labute approximate surface area is 155 Å². The molecule has 0 amide bonds. The first-order chi connectivity index (χ1) is 12.0. The molecule has 0 aliphatic carbocycles. The van der Waals surface area contributed by atoms with Crippen LogP contribution in [0.15, 0.2) is 0 Å². The third kappa shape index (κ3) is 10.5. The van der Waals surface area contributed by atoms with Crippen molar-refractivity contribution in [2.45, 2.75) is 112 Å². The van der Waals surface area contributed by atoms with E-state index < -0.39 is 6.29 Å². The van der Waals surface area contributed by atoms with Gasteiger partial charge in [0.25, 0.3) is 0 Å². The van der Waals surface area contributed by atoms with E-state index in [0.717, 1.165) is 64.2 Å². The second-order valence-corrected chi connectivity index (χ2v) is 6.94. The fourth-order valence-corrected chi connectivity index (χ4v) is 2.84. The lowest BCUT2D eigenvalue weighted by atomic mass is 9.99. The molecule has 148 valence electrons. The van der Waals surface area contributed by atoms with E-state index in [9.17, 15) is 9.59 Å². The molecule has 0 spiro atoms. The molecular formula is C21H40O4. The second kappa shape index (κ2) is 15.2. The summed E-state index contributed by atoms with van der Waals surface area (Å²) in [5.74, 6) is -0.618. The van der Waals surface area contributed by atoms with Crippen LogP contribution < -0.4 is 0 Å². The highest BCUT2D eigenvalue weighted by atomic mass is 16.7. The van der Waals surface area contributed by atoms with Crippen molar-refractivity contribution >= 4 is 11.9 Å². The van der Waals surface area contributed by atoms with Gasteiger partial charge in [-0.25, -0.2) is 0 Å². The van der Waals surface area contributed by atoms with Gasteiger partial charge in [0, 0.05) is 6.42 Å². The average Bonchev–Trinajstić information content (AvgIpc) is 2.60. The lowest BCUT2D eigenvalue weighted by molar-refractivity contribution is -0.195. The lowest BCUT2D eigenvalue weighted by Crippen LogP contribution is -2.30. The van der Waals surface area contributed by atoms with E-state index in [-0.39, 0.29) is 23.8 Å². The summed E-state index contributed by atoms with van der Waals surface area (Å²) in [5, 5.41) is 0. The largest absolute Gasteiger partial charge is 0.425 e. The minimum absolute atomic E-state index is 0.0927. The molecule has 4 nitrogen and oxygen atoms in total. The minimum atomic E-state index is -0.730. The monoisotopic (exact) mass is 356 g/mol. The smallest absolute Gasteiger partial charge is 0.311 e. The Hall–Kier alpha value is -1.06. The molecule has 0 N–H and O–H groups in total.